The van der Waals surface area contributed by atoms with Crippen LogP contribution in [0.2, 0.25) is 0 Å². The van der Waals surface area contributed by atoms with Crippen LogP contribution in [0.15, 0.2) is 48.5 Å². The highest BCUT2D eigenvalue weighted by molar-refractivity contribution is 7.92. The van der Waals surface area contributed by atoms with Crippen molar-refractivity contribution in [1.82, 2.24) is 5.32 Å². The van der Waals surface area contributed by atoms with Gasteiger partial charge in [0.25, 0.3) is 5.91 Å². The number of benzene rings is 2. The van der Waals surface area contributed by atoms with Gasteiger partial charge in [-0.2, -0.15) is 0 Å². The molecule has 0 spiro atoms. The quantitative estimate of drug-likeness (QED) is 0.703. The molecule has 2 rings (SSSR count). The van der Waals surface area contributed by atoms with Gasteiger partial charge in [0.1, 0.15) is 12.4 Å². The van der Waals surface area contributed by atoms with Gasteiger partial charge < -0.3 is 10.1 Å². The van der Waals surface area contributed by atoms with Gasteiger partial charge in [0.2, 0.25) is 10.0 Å². The number of amides is 1. The molecule has 0 atom stereocenters. The van der Waals surface area contributed by atoms with Crippen molar-refractivity contribution in [2.75, 3.05) is 30.8 Å². The van der Waals surface area contributed by atoms with E-state index in [2.05, 4.69) is 19.2 Å². The predicted octanol–water partition coefficient (Wildman–Crippen LogP) is 3.01. The minimum atomic E-state index is -3.46. The van der Waals surface area contributed by atoms with Crippen molar-refractivity contribution in [3.05, 3.63) is 59.7 Å². The molecular weight excluding hydrogens is 364 g/mol. The average Bonchev–Trinajstić information content (AvgIpc) is 2.64. The van der Waals surface area contributed by atoms with E-state index in [0.29, 0.717) is 30.3 Å². The molecule has 0 bridgehead atoms. The summed E-state index contributed by atoms with van der Waals surface area (Å²) in [7, 11) is -2.03. The minimum absolute atomic E-state index is 0.299. The van der Waals surface area contributed by atoms with E-state index in [1.165, 1.54) is 7.05 Å². The maximum absolute atomic E-state index is 12.5. The van der Waals surface area contributed by atoms with Crippen LogP contribution in [0.3, 0.4) is 0 Å². The number of rotatable bonds is 8. The third-order valence-corrected chi connectivity index (χ3v) is 5.36. The number of anilines is 1. The SMILES string of the molecule is CC(C)c1ccccc1OCCNC(=O)c1ccccc1N(C)S(C)(=O)=O. The van der Waals surface area contributed by atoms with Gasteiger partial charge in [0.15, 0.2) is 0 Å². The third-order valence-electron chi connectivity index (χ3n) is 4.17. The van der Waals surface area contributed by atoms with Crippen LogP contribution < -0.4 is 14.4 Å². The Bertz CT molecular complexity index is 894. The van der Waals surface area contributed by atoms with Crippen LogP contribution in [0.4, 0.5) is 5.69 Å². The summed E-state index contributed by atoms with van der Waals surface area (Å²) in [5.74, 6) is 0.801. The Kier molecular flexibility index (Phi) is 6.85. The molecule has 0 saturated carbocycles. The highest BCUT2D eigenvalue weighted by Crippen LogP contribution is 2.25. The molecule has 2 aromatic rings. The Morgan fingerprint density at radius 3 is 2.41 bits per heavy atom. The molecule has 7 heteroatoms. The first-order chi connectivity index (χ1) is 12.7. The van der Waals surface area contributed by atoms with E-state index < -0.39 is 10.0 Å². The van der Waals surface area contributed by atoms with E-state index in [-0.39, 0.29) is 5.91 Å². The number of nitrogens with zero attached hydrogens (tertiary/aromatic N) is 1. The Hall–Kier alpha value is -2.54. The lowest BCUT2D eigenvalue weighted by Crippen LogP contribution is -2.32. The van der Waals surface area contributed by atoms with E-state index in [9.17, 15) is 13.2 Å². The summed E-state index contributed by atoms with van der Waals surface area (Å²) in [6.07, 6.45) is 1.10. The fourth-order valence-electron chi connectivity index (χ4n) is 2.63. The predicted molar refractivity (Wildman–Crippen MR) is 108 cm³/mol. The van der Waals surface area contributed by atoms with Crippen molar-refractivity contribution in [2.24, 2.45) is 0 Å². The van der Waals surface area contributed by atoms with Gasteiger partial charge in [-0.3, -0.25) is 9.10 Å². The van der Waals surface area contributed by atoms with Crippen LogP contribution in [0.1, 0.15) is 35.7 Å². The average molecular weight is 391 g/mol. The lowest BCUT2D eigenvalue weighted by atomic mass is 10.0. The van der Waals surface area contributed by atoms with Crippen LogP contribution in [0.25, 0.3) is 0 Å². The van der Waals surface area contributed by atoms with Gasteiger partial charge in [-0.25, -0.2) is 8.42 Å². The van der Waals surface area contributed by atoms with Crippen LogP contribution in [-0.4, -0.2) is 40.8 Å². The second-order valence-corrected chi connectivity index (χ2v) is 8.56. The van der Waals surface area contributed by atoms with Gasteiger partial charge in [0.05, 0.1) is 24.1 Å². The molecule has 0 aliphatic carbocycles. The van der Waals surface area contributed by atoms with Gasteiger partial charge >= 0.3 is 0 Å². The van der Waals surface area contributed by atoms with E-state index in [4.69, 9.17) is 4.74 Å². The van der Waals surface area contributed by atoms with Crippen LogP contribution in [0.5, 0.6) is 5.75 Å². The summed E-state index contributed by atoms with van der Waals surface area (Å²) in [5.41, 5.74) is 1.75. The smallest absolute Gasteiger partial charge is 0.253 e. The molecular formula is C20H26N2O4S. The van der Waals surface area contributed by atoms with Gasteiger partial charge in [-0.1, -0.05) is 44.2 Å². The molecule has 0 unspecified atom stereocenters. The molecule has 6 nitrogen and oxygen atoms in total. The summed E-state index contributed by atoms with van der Waals surface area (Å²) in [6, 6.07) is 14.4. The maximum Gasteiger partial charge on any atom is 0.253 e. The molecule has 2 aromatic carbocycles. The largest absolute Gasteiger partial charge is 0.491 e. The molecule has 0 fully saturated rings. The lowest BCUT2D eigenvalue weighted by Gasteiger charge is -2.20. The molecule has 0 radical (unpaired) electrons. The van der Waals surface area contributed by atoms with E-state index in [1.54, 1.807) is 24.3 Å². The van der Waals surface area contributed by atoms with Crippen molar-refractivity contribution < 1.29 is 17.9 Å². The van der Waals surface area contributed by atoms with Crippen molar-refractivity contribution in [3.63, 3.8) is 0 Å². The second kappa shape index (κ2) is 8.90. The first-order valence-electron chi connectivity index (χ1n) is 8.74. The summed E-state index contributed by atoms with van der Waals surface area (Å²) >= 11 is 0. The Morgan fingerprint density at radius 2 is 1.74 bits per heavy atom. The normalized spacial score (nSPS) is 11.3. The first kappa shape index (κ1) is 20.8. The highest BCUT2D eigenvalue weighted by Gasteiger charge is 2.19. The fourth-order valence-corrected chi connectivity index (χ4v) is 3.15. The van der Waals surface area contributed by atoms with Crippen LogP contribution in [-0.2, 0) is 10.0 Å². The molecule has 27 heavy (non-hydrogen) atoms. The monoisotopic (exact) mass is 390 g/mol. The van der Waals surface area contributed by atoms with E-state index in [1.807, 2.05) is 24.3 Å². The summed E-state index contributed by atoms with van der Waals surface area (Å²) in [4.78, 5) is 12.5. The highest BCUT2D eigenvalue weighted by atomic mass is 32.2. The minimum Gasteiger partial charge on any atom is -0.491 e. The van der Waals surface area contributed by atoms with Gasteiger partial charge in [0, 0.05) is 7.05 Å². The van der Waals surface area contributed by atoms with Crippen molar-refractivity contribution in [3.8, 4) is 5.75 Å². The molecule has 1 N–H and O–H groups in total. The molecule has 0 heterocycles. The number of hydrogen-bond acceptors (Lipinski definition) is 4. The summed E-state index contributed by atoms with van der Waals surface area (Å²) in [5, 5.41) is 2.78. The Balaban J connectivity index is 2.00. The van der Waals surface area contributed by atoms with Gasteiger partial charge in [-0.15, -0.1) is 0 Å². The molecule has 0 aliphatic rings. The summed E-state index contributed by atoms with van der Waals surface area (Å²) < 4.78 is 30.5. The fraction of sp³-hybridized carbons (Fsp3) is 0.350. The summed E-state index contributed by atoms with van der Waals surface area (Å²) in [6.45, 7) is 4.82. The molecule has 0 aromatic heterocycles. The van der Waals surface area contributed by atoms with E-state index >= 15 is 0 Å². The number of carbonyl (C=O) groups excluding carboxylic acids is 1. The second-order valence-electron chi connectivity index (χ2n) is 6.54. The zero-order chi connectivity index (χ0) is 20.0. The lowest BCUT2D eigenvalue weighted by molar-refractivity contribution is 0.0947. The van der Waals surface area contributed by atoms with Crippen molar-refractivity contribution in [2.45, 2.75) is 19.8 Å². The molecule has 1 amide bonds. The Labute approximate surface area is 161 Å². The third kappa shape index (κ3) is 5.47. The zero-order valence-electron chi connectivity index (χ0n) is 16.1. The number of carbonyl (C=O) groups is 1. The van der Waals surface area contributed by atoms with Crippen molar-refractivity contribution >= 4 is 21.6 Å². The zero-order valence-corrected chi connectivity index (χ0v) is 16.9. The van der Waals surface area contributed by atoms with E-state index in [0.717, 1.165) is 21.9 Å². The standard InChI is InChI=1S/C20H26N2O4S/c1-15(2)16-9-6-8-12-19(16)26-14-13-21-20(23)17-10-5-7-11-18(17)22(3)27(4,24)25/h5-12,15H,13-14H2,1-4H3,(H,21,23). The van der Waals surface area contributed by atoms with Crippen molar-refractivity contribution in [1.29, 1.82) is 0 Å². The number of sulfonamides is 1. The topological polar surface area (TPSA) is 75.7 Å². The van der Waals surface area contributed by atoms with Gasteiger partial charge in [-0.05, 0) is 29.7 Å². The number of nitrogens with one attached hydrogen (secondary N) is 1. The van der Waals surface area contributed by atoms with Crippen LogP contribution in [0, 0.1) is 0 Å². The first-order valence-corrected chi connectivity index (χ1v) is 10.6. The number of hydrogen-bond donors (Lipinski definition) is 1. The molecule has 146 valence electrons. The molecule has 0 saturated heterocycles. The Morgan fingerprint density at radius 1 is 1.11 bits per heavy atom. The maximum atomic E-state index is 12.5. The molecule has 0 aliphatic heterocycles. The van der Waals surface area contributed by atoms with Crippen LogP contribution >= 0.6 is 0 Å². The number of ether oxygens (including phenoxy) is 1. The number of para-hydroxylation sites is 2.